The number of methoxy groups -OCH3 is 1. The minimum atomic E-state index is -1.55. The molecular weight excluding hydrogens is 364 g/mol. The van der Waals surface area contributed by atoms with Crippen molar-refractivity contribution in [3.05, 3.63) is 34.3 Å². The maximum Gasteiger partial charge on any atom is 0.187 e. The van der Waals surface area contributed by atoms with E-state index in [9.17, 15) is 4.21 Å². The normalized spacial score (nSPS) is 12.2. The van der Waals surface area contributed by atoms with Crippen LogP contribution < -0.4 is 15.2 Å². The quantitative estimate of drug-likeness (QED) is 0.705. The summed E-state index contributed by atoms with van der Waals surface area (Å²) in [6, 6.07) is 5.11. The molecule has 126 valence electrons. The highest BCUT2D eigenvalue weighted by molar-refractivity contribution is 7.82. The van der Waals surface area contributed by atoms with Gasteiger partial charge in [0.05, 0.1) is 39.0 Å². The summed E-state index contributed by atoms with van der Waals surface area (Å²) in [6.45, 7) is 3.96. The number of aryl methyl sites for hydroxylation is 2. The van der Waals surface area contributed by atoms with Crippen LogP contribution in [0, 0.1) is 13.8 Å². The molecule has 1 unspecified atom stereocenters. The van der Waals surface area contributed by atoms with Gasteiger partial charge in [0.15, 0.2) is 5.13 Å². The Morgan fingerprint density at radius 2 is 2.08 bits per heavy atom. The van der Waals surface area contributed by atoms with Crippen LogP contribution in [0.15, 0.2) is 28.5 Å². The van der Waals surface area contributed by atoms with Gasteiger partial charge >= 0.3 is 0 Å². The van der Waals surface area contributed by atoms with Crippen molar-refractivity contribution in [2.24, 2.45) is 5.14 Å². The van der Waals surface area contributed by atoms with E-state index in [1.165, 1.54) is 11.3 Å². The number of benzene rings is 1. The zero-order valence-electron chi connectivity index (χ0n) is 13.3. The van der Waals surface area contributed by atoms with Crippen LogP contribution in [-0.2, 0) is 11.0 Å². The molecule has 24 heavy (non-hydrogen) atoms. The minimum absolute atomic E-state index is 0.518. The molecule has 2 aromatic heterocycles. The highest BCUT2D eigenvalue weighted by Gasteiger charge is 2.13. The Morgan fingerprint density at radius 3 is 2.71 bits per heavy atom. The van der Waals surface area contributed by atoms with Crippen molar-refractivity contribution < 1.29 is 8.95 Å². The molecule has 0 saturated carbocycles. The highest BCUT2D eigenvalue weighted by Crippen LogP contribution is 2.35. The van der Waals surface area contributed by atoms with Gasteiger partial charge in [-0.1, -0.05) is 0 Å². The Labute approximate surface area is 150 Å². The van der Waals surface area contributed by atoms with Crippen LogP contribution in [0.4, 0.5) is 10.8 Å². The number of rotatable bonds is 5. The van der Waals surface area contributed by atoms with E-state index in [0.717, 1.165) is 21.3 Å². The highest BCUT2D eigenvalue weighted by atomic mass is 32.2. The third-order valence-electron chi connectivity index (χ3n) is 3.29. The average Bonchev–Trinajstić information content (AvgIpc) is 3.13. The SMILES string of the molecule is COc1ccc(S(N)=O)cc1Nc1nc(-c2sc(C)nc2C)cs1. The summed E-state index contributed by atoms with van der Waals surface area (Å²) in [6.07, 6.45) is 0. The molecule has 3 aromatic rings. The Morgan fingerprint density at radius 1 is 1.29 bits per heavy atom. The van der Waals surface area contributed by atoms with Crippen LogP contribution >= 0.6 is 22.7 Å². The first-order valence-corrected chi connectivity index (χ1v) is 9.90. The van der Waals surface area contributed by atoms with Gasteiger partial charge in [0.1, 0.15) is 16.7 Å². The first kappa shape index (κ1) is 17.0. The molecule has 3 rings (SSSR count). The summed E-state index contributed by atoms with van der Waals surface area (Å²) in [5.41, 5.74) is 2.54. The lowest BCUT2D eigenvalue weighted by Crippen LogP contribution is -2.04. The van der Waals surface area contributed by atoms with Gasteiger partial charge in [0.25, 0.3) is 0 Å². The van der Waals surface area contributed by atoms with E-state index in [4.69, 9.17) is 9.88 Å². The van der Waals surface area contributed by atoms with E-state index in [1.54, 1.807) is 36.6 Å². The monoisotopic (exact) mass is 380 g/mol. The third kappa shape index (κ3) is 3.48. The lowest BCUT2D eigenvalue weighted by Gasteiger charge is -2.10. The largest absolute Gasteiger partial charge is 0.495 e. The molecule has 0 spiro atoms. The fourth-order valence-corrected chi connectivity index (χ4v) is 4.33. The summed E-state index contributed by atoms with van der Waals surface area (Å²) < 4.78 is 16.8. The molecule has 0 radical (unpaired) electrons. The molecule has 1 atom stereocenters. The Balaban J connectivity index is 1.91. The third-order valence-corrected chi connectivity index (χ3v) is 5.86. The Kier molecular flexibility index (Phi) is 4.95. The van der Waals surface area contributed by atoms with E-state index >= 15 is 0 Å². The molecule has 0 bridgehead atoms. The van der Waals surface area contributed by atoms with Crippen molar-refractivity contribution in [1.82, 2.24) is 9.97 Å². The Bertz CT molecular complexity index is 904. The molecule has 0 aliphatic carbocycles. The van der Waals surface area contributed by atoms with E-state index in [0.29, 0.717) is 21.5 Å². The molecule has 0 aliphatic heterocycles. The minimum Gasteiger partial charge on any atom is -0.495 e. The fourth-order valence-electron chi connectivity index (χ4n) is 2.23. The molecule has 1 aromatic carbocycles. The molecular formula is C15H16N4O2S3. The molecule has 9 heteroatoms. The number of ether oxygens (including phenoxy) is 1. The van der Waals surface area contributed by atoms with Crippen LogP contribution in [0.25, 0.3) is 10.6 Å². The number of hydrogen-bond donors (Lipinski definition) is 2. The summed E-state index contributed by atoms with van der Waals surface area (Å²) in [5, 5.41) is 12.4. The number of thiazole rings is 2. The fraction of sp³-hybridized carbons (Fsp3) is 0.200. The van der Waals surface area contributed by atoms with Gasteiger partial charge in [0.2, 0.25) is 0 Å². The number of anilines is 2. The summed E-state index contributed by atoms with van der Waals surface area (Å²) >= 11 is 3.11. The van der Waals surface area contributed by atoms with Crippen LogP contribution in [0.2, 0.25) is 0 Å². The molecule has 3 N–H and O–H groups in total. The van der Waals surface area contributed by atoms with Gasteiger partial charge in [-0.15, -0.1) is 22.7 Å². The van der Waals surface area contributed by atoms with E-state index in [-0.39, 0.29) is 0 Å². The van der Waals surface area contributed by atoms with E-state index in [1.807, 2.05) is 19.2 Å². The van der Waals surface area contributed by atoms with Crippen molar-refractivity contribution in [2.75, 3.05) is 12.4 Å². The predicted octanol–water partition coefficient (Wildman–Crippen LogP) is 3.62. The first-order chi connectivity index (χ1) is 11.5. The van der Waals surface area contributed by atoms with Gasteiger partial charge < -0.3 is 10.1 Å². The van der Waals surface area contributed by atoms with E-state index < -0.39 is 11.0 Å². The second-order valence-electron chi connectivity index (χ2n) is 4.97. The summed E-state index contributed by atoms with van der Waals surface area (Å²) in [7, 11) is 0.0282. The van der Waals surface area contributed by atoms with Gasteiger partial charge in [-0.25, -0.2) is 19.3 Å². The molecule has 0 saturated heterocycles. The van der Waals surface area contributed by atoms with Crippen LogP contribution in [0.3, 0.4) is 0 Å². The maximum atomic E-state index is 11.5. The topological polar surface area (TPSA) is 90.1 Å². The van der Waals surface area contributed by atoms with Crippen LogP contribution in [0.5, 0.6) is 5.75 Å². The van der Waals surface area contributed by atoms with Crippen molar-refractivity contribution in [3.63, 3.8) is 0 Å². The lowest BCUT2D eigenvalue weighted by atomic mass is 10.3. The van der Waals surface area contributed by atoms with Crippen LogP contribution in [-0.4, -0.2) is 21.3 Å². The molecule has 6 nitrogen and oxygen atoms in total. The second kappa shape index (κ2) is 6.98. The zero-order valence-corrected chi connectivity index (χ0v) is 15.8. The first-order valence-electron chi connectivity index (χ1n) is 6.99. The van der Waals surface area contributed by atoms with Crippen molar-refractivity contribution in [3.8, 4) is 16.3 Å². The predicted molar refractivity (Wildman–Crippen MR) is 99.6 cm³/mol. The summed E-state index contributed by atoms with van der Waals surface area (Å²) in [4.78, 5) is 10.6. The molecule has 0 fully saturated rings. The molecule has 0 amide bonds. The maximum absolute atomic E-state index is 11.5. The van der Waals surface area contributed by atoms with E-state index in [2.05, 4.69) is 15.3 Å². The van der Waals surface area contributed by atoms with Crippen molar-refractivity contribution in [2.45, 2.75) is 18.7 Å². The number of hydrogen-bond acceptors (Lipinski definition) is 7. The lowest BCUT2D eigenvalue weighted by molar-refractivity contribution is 0.416. The number of aromatic nitrogens is 2. The molecule has 0 aliphatic rings. The number of nitrogens with one attached hydrogen (secondary N) is 1. The van der Waals surface area contributed by atoms with Gasteiger partial charge in [-0.2, -0.15) is 0 Å². The van der Waals surface area contributed by atoms with Crippen molar-refractivity contribution in [1.29, 1.82) is 0 Å². The smallest absolute Gasteiger partial charge is 0.187 e. The standard InChI is InChI=1S/C15H16N4O2S3/c1-8-14(23-9(2)17-8)12-7-22-15(19-12)18-11-6-10(24(16)20)4-5-13(11)21-3/h4-7H,16H2,1-3H3,(H,18,19). The molecule has 2 heterocycles. The van der Waals surface area contributed by atoms with Gasteiger partial charge in [0, 0.05) is 5.38 Å². The van der Waals surface area contributed by atoms with Crippen LogP contribution in [0.1, 0.15) is 10.7 Å². The average molecular weight is 381 g/mol. The number of nitrogens with two attached hydrogens (primary N) is 1. The zero-order chi connectivity index (χ0) is 17.3. The van der Waals surface area contributed by atoms with Gasteiger partial charge in [-0.3, -0.25) is 0 Å². The van der Waals surface area contributed by atoms with Gasteiger partial charge in [-0.05, 0) is 32.0 Å². The Hall–Kier alpha value is -1.81. The summed E-state index contributed by atoms with van der Waals surface area (Å²) in [5.74, 6) is 0.630. The van der Waals surface area contributed by atoms with Crippen molar-refractivity contribution >= 4 is 44.5 Å². The second-order valence-corrected chi connectivity index (χ2v) is 8.10. The number of nitrogens with zero attached hydrogens (tertiary/aromatic N) is 2.